The van der Waals surface area contributed by atoms with Crippen LogP contribution in [0.4, 0.5) is 0 Å². The third-order valence-electron chi connectivity index (χ3n) is 2.46. The number of aromatic nitrogens is 3. The zero-order chi connectivity index (χ0) is 12.2. The molecule has 0 radical (unpaired) electrons. The minimum absolute atomic E-state index is 0.967. The quantitative estimate of drug-likeness (QED) is 0.683. The van der Waals surface area contributed by atoms with Gasteiger partial charge in [-0.3, -0.25) is 4.98 Å². The highest BCUT2D eigenvalue weighted by Gasteiger charge is 2.04. The van der Waals surface area contributed by atoms with Gasteiger partial charge < -0.3 is 0 Å². The highest BCUT2D eigenvalue weighted by molar-refractivity contribution is 8.01. The maximum Gasteiger partial charge on any atom is 0.152 e. The predicted molar refractivity (Wildman–Crippen MR) is 76.1 cm³/mol. The van der Waals surface area contributed by atoms with Crippen LogP contribution in [0.2, 0.25) is 0 Å². The Labute approximate surface area is 113 Å². The van der Waals surface area contributed by atoms with Gasteiger partial charge >= 0.3 is 0 Å². The lowest BCUT2D eigenvalue weighted by molar-refractivity contribution is 1.04. The summed E-state index contributed by atoms with van der Waals surface area (Å²) in [6, 6.07) is 9.94. The Morgan fingerprint density at radius 1 is 1.06 bits per heavy atom. The molecule has 5 heteroatoms. The Morgan fingerprint density at radius 2 is 2.00 bits per heavy atom. The van der Waals surface area contributed by atoms with E-state index in [-0.39, 0.29) is 0 Å². The summed E-state index contributed by atoms with van der Waals surface area (Å²) in [6.45, 7) is 0. The molecule has 0 amide bonds. The van der Waals surface area contributed by atoms with E-state index in [0.29, 0.717) is 0 Å². The first-order valence-electron chi connectivity index (χ1n) is 5.66. The number of hydrogen-bond donors (Lipinski definition) is 0. The summed E-state index contributed by atoms with van der Waals surface area (Å²) < 4.78 is 1.08. The first-order chi connectivity index (χ1) is 8.92. The summed E-state index contributed by atoms with van der Waals surface area (Å²) in [5.74, 6) is 0.997. The molecule has 3 heterocycles. The van der Waals surface area contributed by atoms with Gasteiger partial charge in [0.1, 0.15) is 10.3 Å². The van der Waals surface area contributed by atoms with Crippen molar-refractivity contribution in [1.82, 2.24) is 15.0 Å². The number of rotatable bonds is 4. The second kappa shape index (κ2) is 5.46. The van der Waals surface area contributed by atoms with Gasteiger partial charge in [-0.2, -0.15) is 0 Å². The van der Waals surface area contributed by atoms with E-state index in [1.165, 1.54) is 0 Å². The molecule has 3 aromatic rings. The van der Waals surface area contributed by atoms with E-state index in [1.807, 2.05) is 36.7 Å². The lowest BCUT2D eigenvalue weighted by atomic mass is 10.3. The Kier molecular flexibility index (Phi) is 3.52. The van der Waals surface area contributed by atoms with Crippen molar-refractivity contribution in [3.05, 3.63) is 48.4 Å². The largest absolute Gasteiger partial charge is 0.261 e. The van der Waals surface area contributed by atoms with E-state index in [0.717, 1.165) is 32.6 Å². The number of thioether (sulfide) groups is 1. The standard InChI is InChI=1S/C13H11N3S2/c1-2-7-14-10(4-1)6-9-17-13-16-11-5-3-8-15-12(11)18-13/h1-5,7-8H,6,9H2. The zero-order valence-corrected chi connectivity index (χ0v) is 11.2. The van der Waals surface area contributed by atoms with E-state index >= 15 is 0 Å². The van der Waals surface area contributed by atoms with Crippen LogP contribution < -0.4 is 0 Å². The zero-order valence-electron chi connectivity index (χ0n) is 9.61. The average Bonchev–Trinajstić information content (AvgIpc) is 2.82. The van der Waals surface area contributed by atoms with E-state index in [1.54, 1.807) is 23.1 Å². The second-order valence-electron chi connectivity index (χ2n) is 3.73. The molecule has 0 spiro atoms. The smallest absolute Gasteiger partial charge is 0.152 e. The average molecular weight is 273 g/mol. The van der Waals surface area contributed by atoms with Gasteiger partial charge in [-0.25, -0.2) is 9.97 Å². The summed E-state index contributed by atoms with van der Waals surface area (Å²) in [7, 11) is 0. The van der Waals surface area contributed by atoms with E-state index in [2.05, 4.69) is 21.0 Å². The van der Waals surface area contributed by atoms with Gasteiger partial charge in [0, 0.05) is 23.8 Å². The molecule has 0 bridgehead atoms. The molecule has 3 nitrogen and oxygen atoms in total. The van der Waals surface area contributed by atoms with E-state index in [4.69, 9.17) is 0 Å². The van der Waals surface area contributed by atoms with Crippen LogP contribution in [0.25, 0.3) is 10.3 Å². The van der Waals surface area contributed by atoms with Gasteiger partial charge in [0.25, 0.3) is 0 Å². The van der Waals surface area contributed by atoms with Crippen LogP contribution in [-0.4, -0.2) is 20.7 Å². The first kappa shape index (κ1) is 11.6. The molecule has 0 aliphatic heterocycles. The van der Waals surface area contributed by atoms with Gasteiger partial charge in [0.15, 0.2) is 4.34 Å². The third-order valence-corrected chi connectivity index (χ3v) is 4.58. The van der Waals surface area contributed by atoms with Crippen LogP contribution in [0.3, 0.4) is 0 Å². The summed E-state index contributed by atoms with van der Waals surface area (Å²) >= 11 is 3.42. The number of fused-ring (bicyclic) bond motifs is 1. The molecule has 0 saturated carbocycles. The molecule has 0 unspecified atom stereocenters. The van der Waals surface area contributed by atoms with Crippen molar-refractivity contribution in [2.45, 2.75) is 10.8 Å². The number of aryl methyl sites for hydroxylation is 1. The van der Waals surface area contributed by atoms with Crippen molar-refractivity contribution in [3.63, 3.8) is 0 Å². The van der Waals surface area contributed by atoms with Crippen LogP contribution in [0.5, 0.6) is 0 Å². The Balaban J connectivity index is 1.63. The van der Waals surface area contributed by atoms with Gasteiger partial charge in [0.2, 0.25) is 0 Å². The summed E-state index contributed by atoms with van der Waals surface area (Å²) in [4.78, 5) is 14.2. The maximum absolute atomic E-state index is 4.54. The molecule has 0 N–H and O–H groups in total. The van der Waals surface area contributed by atoms with Crippen molar-refractivity contribution in [1.29, 1.82) is 0 Å². The summed E-state index contributed by atoms with van der Waals surface area (Å²) in [6.07, 6.45) is 4.61. The van der Waals surface area contributed by atoms with E-state index < -0.39 is 0 Å². The molecular formula is C13H11N3S2. The van der Waals surface area contributed by atoms with Crippen molar-refractivity contribution in [2.75, 3.05) is 5.75 Å². The van der Waals surface area contributed by atoms with Crippen molar-refractivity contribution in [2.24, 2.45) is 0 Å². The van der Waals surface area contributed by atoms with Crippen LogP contribution in [0.15, 0.2) is 47.1 Å². The predicted octanol–water partition coefficient (Wildman–Crippen LogP) is 3.42. The van der Waals surface area contributed by atoms with E-state index in [9.17, 15) is 0 Å². The second-order valence-corrected chi connectivity index (χ2v) is 6.05. The van der Waals surface area contributed by atoms with Crippen molar-refractivity contribution in [3.8, 4) is 0 Å². The minimum atomic E-state index is 0.967. The fourth-order valence-corrected chi connectivity index (χ4v) is 3.61. The topological polar surface area (TPSA) is 38.7 Å². The molecule has 0 saturated heterocycles. The molecule has 0 atom stereocenters. The van der Waals surface area contributed by atoms with Crippen molar-refractivity contribution >= 4 is 33.4 Å². The van der Waals surface area contributed by atoms with Gasteiger partial charge in [-0.1, -0.05) is 29.2 Å². The maximum atomic E-state index is 4.54. The molecule has 0 aromatic carbocycles. The SMILES string of the molecule is c1ccc(CCSc2nc3cccnc3s2)nc1. The molecule has 0 fully saturated rings. The van der Waals surface area contributed by atoms with Crippen LogP contribution in [0, 0.1) is 0 Å². The highest BCUT2D eigenvalue weighted by atomic mass is 32.2. The lowest BCUT2D eigenvalue weighted by Crippen LogP contribution is -1.90. The van der Waals surface area contributed by atoms with Gasteiger partial charge in [-0.05, 0) is 30.7 Å². The summed E-state index contributed by atoms with van der Waals surface area (Å²) in [5.41, 5.74) is 2.12. The number of nitrogens with zero attached hydrogens (tertiary/aromatic N) is 3. The molecule has 90 valence electrons. The highest BCUT2D eigenvalue weighted by Crippen LogP contribution is 2.28. The fourth-order valence-electron chi connectivity index (χ4n) is 1.60. The minimum Gasteiger partial charge on any atom is -0.261 e. The van der Waals surface area contributed by atoms with Crippen LogP contribution in [-0.2, 0) is 6.42 Å². The Morgan fingerprint density at radius 3 is 2.83 bits per heavy atom. The van der Waals surface area contributed by atoms with Gasteiger partial charge in [0.05, 0.1) is 0 Å². The molecular weight excluding hydrogens is 262 g/mol. The lowest BCUT2D eigenvalue weighted by Gasteiger charge is -1.97. The monoisotopic (exact) mass is 273 g/mol. The van der Waals surface area contributed by atoms with Gasteiger partial charge in [-0.15, -0.1) is 0 Å². The molecule has 18 heavy (non-hydrogen) atoms. The molecule has 0 aliphatic rings. The normalized spacial score (nSPS) is 10.9. The summed E-state index contributed by atoms with van der Waals surface area (Å²) in [5, 5.41) is 0. The van der Waals surface area contributed by atoms with Crippen LogP contribution >= 0.6 is 23.1 Å². The van der Waals surface area contributed by atoms with Crippen LogP contribution in [0.1, 0.15) is 5.69 Å². The number of thiazole rings is 1. The molecule has 3 rings (SSSR count). The Hall–Kier alpha value is -1.46. The molecule has 0 aliphatic carbocycles. The number of hydrogen-bond acceptors (Lipinski definition) is 5. The number of pyridine rings is 2. The Bertz CT molecular complexity index is 604. The first-order valence-corrected chi connectivity index (χ1v) is 7.46. The van der Waals surface area contributed by atoms with Crippen molar-refractivity contribution < 1.29 is 0 Å². The third kappa shape index (κ3) is 2.68. The molecule has 3 aromatic heterocycles. The fraction of sp³-hybridized carbons (Fsp3) is 0.154.